The molecule has 4 heterocycles. The van der Waals surface area contributed by atoms with E-state index in [1.165, 1.54) is 0 Å². The fourth-order valence-corrected chi connectivity index (χ4v) is 4.88. The topological polar surface area (TPSA) is 56.7 Å². The van der Waals surface area contributed by atoms with Crippen molar-refractivity contribution in [2.75, 3.05) is 0 Å². The second-order valence-corrected chi connectivity index (χ2v) is 8.61. The predicted octanol–water partition coefficient (Wildman–Crippen LogP) is 7.15. The van der Waals surface area contributed by atoms with Gasteiger partial charge in [0.15, 0.2) is 0 Å². The van der Waals surface area contributed by atoms with E-state index in [2.05, 4.69) is 76.3 Å². The van der Waals surface area contributed by atoms with E-state index in [4.69, 9.17) is 14.4 Å². The van der Waals surface area contributed by atoms with E-state index in [0.717, 1.165) is 66.8 Å². The van der Waals surface area contributed by atoms with Gasteiger partial charge in [0.25, 0.3) is 0 Å². The lowest BCUT2D eigenvalue weighted by Gasteiger charge is -2.11. The third-order valence-corrected chi connectivity index (χ3v) is 6.43. The zero-order chi connectivity index (χ0) is 22.8. The molecule has 0 radical (unpaired) electrons. The molecule has 0 aliphatic rings. The van der Waals surface area contributed by atoms with Gasteiger partial charge in [-0.05, 0) is 50.2 Å². The van der Waals surface area contributed by atoms with Gasteiger partial charge in [-0.25, -0.2) is 9.97 Å². The van der Waals surface area contributed by atoms with Crippen LogP contribution in [0, 0.1) is 13.8 Å². The van der Waals surface area contributed by atoms with Crippen LogP contribution in [0.1, 0.15) is 11.4 Å². The first-order chi connectivity index (χ1) is 16.7. The molecular weight excluding hydrogens is 420 g/mol. The van der Waals surface area contributed by atoms with Gasteiger partial charge in [0.2, 0.25) is 5.71 Å². The van der Waals surface area contributed by atoms with E-state index < -0.39 is 0 Å². The van der Waals surface area contributed by atoms with E-state index in [0.29, 0.717) is 5.71 Å². The van der Waals surface area contributed by atoms with E-state index in [-0.39, 0.29) is 0 Å². The molecule has 0 spiro atoms. The lowest BCUT2D eigenvalue weighted by molar-refractivity contribution is 0.653. The largest absolute Gasteiger partial charge is 0.437 e. The summed E-state index contributed by atoms with van der Waals surface area (Å²) in [5, 5.41) is 3.11. The normalized spacial score (nSPS) is 11.8. The van der Waals surface area contributed by atoms with Crippen molar-refractivity contribution in [1.29, 1.82) is 0 Å². The van der Waals surface area contributed by atoms with E-state index in [9.17, 15) is 0 Å². The van der Waals surface area contributed by atoms with E-state index in [1.54, 1.807) is 0 Å². The first kappa shape index (κ1) is 19.0. The highest BCUT2D eigenvalue weighted by Gasteiger charge is 2.22. The first-order valence-electron chi connectivity index (χ1n) is 11.3. The maximum Gasteiger partial charge on any atom is 0.227 e. The van der Waals surface area contributed by atoms with Gasteiger partial charge in [0.05, 0.1) is 22.3 Å². The van der Waals surface area contributed by atoms with Crippen LogP contribution >= 0.6 is 0 Å². The summed E-state index contributed by atoms with van der Waals surface area (Å²) < 4.78 is 8.57. The number of hydrogen-bond acceptors (Lipinski definition) is 4. The molecule has 0 saturated carbocycles. The zero-order valence-electron chi connectivity index (χ0n) is 18.8. The molecule has 34 heavy (non-hydrogen) atoms. The molecule has 0 aliphatic heterocycles. The van der Waals surface area contributed by atoms with Gasteiger partial charge < -0.3 is 4.42 Å². The minimum absolute atomic E-state index is 0.646. The summed E-state index contributed by atoms with van der Waals surface area (Å²) in [4.78, 5) is 14.6. The maximum atomic E-state index is 6.34. The molecule has 0 fully saturated rings. The predicted molar refractivity (Wildman–Crippen MR) is 136 cm³/mol. The van der Waals surface area contributed by atoms with Crippen molar-refractivity contribution in [3.05, 3.63) is 96.3 Å². The van der Waals surface area contributed by atoms with Crippen LogP contribution in [-0.2, 0) is 0 Å². The van der Waals surface area contributed by atoms with Gasteiger partial charge in [-0.3, -0.25) is 9.55 Å². The molecular formula is C29H20N4O. The van der Waals surface area contributed by atoms with Crippen LogP contribution in [-0.4, -0.2) is 19.5 Å². The fraction of sp³-hybridized carbons (Fsp3) is 0.0690. The van der Waals surface area contributed by atoms with E-state index in [1.807, 2.05) is 32.0 Å². The van der Waals surface area contributed by atoms with Crippen LogP contribution in [0.25, 0.3) is 61.1 Å². The smallest absolute Gasteiger partial charge is 0.227 e. The van der Waals surface area contributed by atoms with Crippen LogP contribution in [0.15, 0.2) is 89.3 Å². The molecule has 7 aromatic rings. The van der Waals surface area contributed by atoms with Crippen LogP contribution < -0.4 is 0 Å². The number of nitrogens with zero attached hydrogens (tertiary/aromatic N) is 4. The maximum absolute atomic E-state index is 6.34. The average Bonchev–Trinajstić information content (AvgIpc) is 3.44. The van der Waals surface area contributed by atoms with Crippen molar-refractivity contribution in [3.8, 4) is 17.1 Å². The summed E-state index contributed by atoms with van der Waals surface area (Å²) in [6, 6.07) is 28.9. The molecule has 0 aliphatic carbocycles. The average molecular weight is 441 g/mol. The highest BCUT2D eigenvalue weighted by Crippen LogP contribution is 2.39. The van der Waals surface area contributed by atoms with E-state index >= 15 is 0 Å². The Labute approximate surface area is 195 Å². The SMILES string of the molecule is Cc1ccc2c(n1)oc1c(-c3nc4c(C)nc5ccccc5c4n3-c3ccccc3)cccc12. The first-order valence-corrected chi connectivity index (χ1v) is 11.3. The molecule has 162 valence electrons. The van der Waals surface area contributed by atoms with Crippen molar-refractivity contribution in [1.82, 2.24) is 19.5 Å². The summed E-state index contributed by atoms with van der Waals surface area (Å²) in [6.45, 7) is 4.00. The lowest BCUT2D eigenvalue weighted by atomic mass is 10.1. The quantitative estimate of drug-likeness (QED) is 0.286. The number of pyridine rings is 2. The second kappa shape index (κ2) is 6.99. The number of fused-ring (bicyclic) bond motifs is 6. The molecule has 0 atom stereocenters. The molecule has 0 bridgehead atoms. The van der Waals surface area contributed by atoms with Crippen molar-refractivity contribution in [3.63, 3.8) is 0 Å². The van der Waals surface area contributed by atoms with Gasteiger partial charge in [-0.2, -0.15) is 0 Å². The van der Waals surface area contributed by atoms with Crippen molar-refractivity contribution >= 4 is 44.0 Å². The molecule has 0 amide bonds. The Bertz CT molecular complexity index is 1880. The Kier molecular flexibility index (Phi) is 3.91. The third kappa shape index (κ3) is 2.64. The van der Waals surface area contributed by atoms with Crippen molar-refractivity contribution in [2.24, 2.45) is 0 Å². The number of aryl methyl sites for hydroxylation is 2. The standard InChI is InChI=1S/C29H20N4O/c1-17-15-16-21-20-12-8-13-23(27(20)34-29(21)30-17)28-32-25-18(2)31-24-14-7-6-11-22(24)26(25)33(28)19-9-4-3-5-10-19/h3-16H,1-2H3. The van der Waals surface area contributed by atoms with Gasteiger partial charge in [-0.15, -0.1) is 0 Å². The summed E-state index contributed by atoms with van der Waals surface area (Å²) >= 11 is 0. The Morgan fingerprint density at radius 1 is 0.676 bits per heavy atom. The highest BCUT2D eigenvalue weighted by molar-refractivity contribution is 6.10. The molecule has 5 nitrogen and oxygen atoms in total. The molecule has 4 aromatic heterocycles. The number of benzene rings is 3. The number of hydrogen-bond donors (Lipinski definition) is 0. The fourth-order valence-electron chi connectivity index (χ4n) is 4.88. The van der Waals surface area contributed by atoms with Gasteiger partial charge in [0, 0.05) is 27.5 Å². The van der Waals surface area contributed by atoms with Crippen molar-refractivity contribution < 1.29 is 4.42 Å². The van der Waals surface area contributed by atoms with Crippen molar-refractivity contribution in [2.45, 2.75) is 13.8 Å². The summed E-state index contributed by atoms with van der Waals surface area (Å²) in [6.07, 6.45) is 0. The Balaban J connectivity index is 1.67. The third-order valence-electron chi connectivity index (χ3n) is 6.43. The Hall–Kier alpha value is -4.51. The molecule has 5 heteroatoms. The molecule has 3 aromatic carbocycles. The monoisotopic (exact) mass is 440 g/mol. The highest BCUT2D eigenvalue weighted by atomic mass is 16.3. The Morgan fingerprint density at radius 3 is 2.35 bits per heavy atom. The lowest BCUT2D eigenvalue weighted by Crippen LogP contribution is -1.98. The van der Waals surface area contributed by atoms with Gasteiger partial charge >= 0.3 is 0 Å². The molecule has 0 saturated heterocycles. The zero-order valence-corrected chi connectivity index (χ0v) is 18.8. The number of rotatable bonds is 2. The van der Waals surface area contributed by atoms with Crippen LogP contribution in [0.5, 0.6) is 0 Å². The molecule has 0 N–H and O–H groups in total. The summed E-state index contributed by atoms with van der Waals surface area (Å²) in [7, 11) is 0. The Morgan fingerprint density at radius 2 is 1.47 bits per heavy atom. The minimum Gasteiger partial charge on any atom is -0.437 e. The van der Waals surface area contributed by atoms with Crippen LogP contribution in [0.3, 0.4) is 0 Å². The van der Waals surface area contributed by atoms with Crippen LogP contribution in [0.4, 0.5) is 0 Å². The molecule has 7 rings (SSSR count). The minimum atomic E-state index is 0.646. The number of aromatic nitrogens is 4. The van der Waals surface area contributed by atoms with Gasteiger partial charge in [-0.1, -0.05) is 48.5 Å². The second-order valence-electron chi connectivity index (χ2n) is 8.61. The van der Waals surface area contributed by atoms with Crippen LogP contribution in [0.2, 0.25) is 0 Å². The number of imidazole rings is 1. The van der Waals surface area contributed by atoms with Gasteiger partial charge in [0.1, 0.15) is 16.9 Å². The molecule has 0 unspecified atom stereocenters. The number of para-hydroxylation sites is 3. The summed E-state index contributed by atoms with van der Waals surface area (Å²) in [5.74, 6) is 0.823. The number of furan rings is 1. The summed E-state index contributed by atoms with van der Waals surface area (Å²) in [5.41, 5.74) is 8.13.